The summed E-state index contributed by atoms with van der Waals surface area (Å²) in [6.07, 6.45) is 3.70. The molecule has 1 aromatic rings. The summed E-state index contributed by atoms with van der Waals surface area (Å²) in [4.78, 5) is 37.0. The molecule has 1 aromatic carbocycles. The van der Waals surface area contributed by atoms with Gasteiger partial charge in [0.15, 0.2) is 0 Å². The maximum absolute atomic E-state index is 12.3. The third kappa shape index (κ3) is 3.97. The van der Waals surface area contributed by atoms with Crippen molar-refractivity contribution in [2.45, 2.75) is 19.4 Å². The Balaban J connectivity index is 2.05. The van der Waals surface area contributed by atoms with Gasteiger partial charge in [-0.1, -0.05) is 19.1 Å². The highest BCUT2D eigenvalue weighted by Gasteiger charge is 2.30. The molecule has 1 aliphatic heterocycles. The van der Waals surface area contributed by atoms with E-state index in [0.717, 1.165) is 5.56 Å². The van der Waals surface area contributed by atoms with Gasteiger partial charge in [0.1, 0.15) is 6.04 Å². The lowest BCUT2D eigenvalue weighted by Gasteiger charge is -2.33. The summed E-state index contributed by atoms with van der Waals surface area (Å²) in [5.74, 6) is -0.701. The standard InChI is InChI=1S/C17H20N2O4/c1-3-14-16(21)18-10-11-19(14)15(20)9-6-12-4-7-13(8-5-12)17(22)23-2/h4-9,14H,3,10-11H2,1-2H3,(H,18,21). The number of carbonyl (C=O) groups is 3. The van der Waals surface area contributed by atoms with Crippen molar-refractivity contribution >= 4 is 23.9 Å². The molecule has 0 radical (unpaired) electrons. The van der Waals surface area contributed by atoms with Crippen LogP contribution in [0.2, 0.25) is 0 Å². The Hall–Kier alpha value is -2.63. The Morgan fingerprint density at radius 1 is 1.35 bits per heavy atom. The summed E-state index contributed by atoms with van der Waals surface area (Å²) in [5, 5.41) is 2.76. The second-order valence-corrected chi connectivity index (χ2v) is 5.19. The highest BCUT2D eigenvalue weighted by molar-refractivity contribution is 5.96. The number of nitrogens with one attached hydrogen (secondary N) is 1. The lowest BCUT2D eigenvalue weighted by atomic mass is 10.1. The van der Waals surface area contributed by atoms with Crippen LogP contribution in [0.15, 0.2) is 30.3 Å². The van der Waals surface area contributed by atoms with Crippen LogP contribution in [0.4, 0.5) is 0 Å². The number of methoxy groups -OCH3 is 1. The summed E-state index contributed by atoms with van der Waals surface area (Å²) in [5.41, 5.74) is 1.25. The molecule has 2 rings (SSSR count). The first kappa shape index (κ1) is 16.7. The smallest absolute Gasteiger partial charge is 0.337 e. The quantitative estimate of drug-likeness (QED) is 0.669. The number of hydrogen-bond donors (Lipinski definition) is 1. The van der Waals surface area contributed by atoms with Crippen LogP contribution >= 0.6 is 0 Å². The van der Waals surface area contributed by atoms with E-state index in [0.29, 0.717) is 25.1 Å². The molecule has 1 N–H and O–H groups in total. The molecule has 2 amide bonds. The molecule has 122 valence electrons. The number of piperazine rings is 1. The van der Waals surface area contributed by atoms with Gasteiger partial charge in [-0.15, -0.1) is 0 Å². The zero-order valence-corrected chi connectivity index (χ0v) is 13.2. The van der Waals surface area contributed by atoms with Gasteiger partial charge in [-0.25, -0.2) is 4.79 Å². The minimum Gasteiger partial charge on any atom is -0.465 e. The maximum Gasteiger partial charge on any atom is 0.337 e. The molecule has 1 atom stereocenters. The predicted octanol–water partition coefficient (Wildman–Crippen LogP) is 1.22. The summed E-state index contributed by atoms with van der Waals surface area (Å²) in [6.45, 7) is 2.86. The van der Waals surface area contributed by atoms with Crippen molar-refractivity contribution in [3.63, 3.8) is 0 Å². The highest BCUT2D eigenvalue weighted by atomic mass is 16.5. The van der Waals surface area contributed by atoms with Gasteiger partial charge < -0.3 is 15.0 Å². The van der Waals surface area contributed by atoms with Crippen LogP contribution in [0.5, 0.6) is 0 Å². The van der Waals surface area contributed by atoms with Gasteiger partial charge in [-0.2, -0.15) is 0 Å². The normalized spacial score (nSPS) is 17.9. The van der Waals surface area contributed by atoms with Gasteiger partial charge in [-0.05, 0) is 30.2 Å². The number of rotatable bonds is 4. The zero-order chi connectivity index (χ0) is 16.8. The molecule has 0 aliphatic carbocycles. The third-order valence-corrected chi connectivity index (χ3v) is 3.75. The molecule has 1 fully saturated rings. The Bertz CT molecular complexity index is 622. The Kier molecular flexibility index (Phi) is 5.51. The van der Waals surface area contributed by atoms with E-state index >= 15 is 0 Å². The van der Waals surface area contributed by atoms with E-state index in [2.05, 4.69) is 10.1 Å². The molecule has 23 heavy (non-hydrogen) atoms. The van der Waals surface area contributed by atoms with Crippen molar-refractivity contribution in [1.82, 2.24) is 10.2 Å². The molecular weight excluding hydrogens is 296 g/mol. The molecule has 0 spiro atoms. The van der Waals surface area contributed by atoms with E-state index in [1.807, 2.05) is 6.92 Å². The number of hydrogen-bond acceptors (Lipinski definition) is 4. The molecule has 1 aliphatic rings. The van der Waals surface area contributed by atoms with Crippen LogP contribution in [0.3, 0.4) is 0 Å². The van der Waals surface area contributed by atoms with Crippen molar-refractivity contribution < 1.29 is 19.1 Å². The number of carbonyl (C=O) groups excluding carboxylic acids is 3. The topological polar surface area (TPSA) is 75.7 Å². The Morgan fingerprint density at radius 2 is 2.04 bits per heavy atom. The van der Waals surface area contributed by atoms with Gasteiger partial charge in [-0.3, -0.25) is 9.59 Å². The number of benzene rings is 1. The van der Waals surface area contributed by atoms with E-state index in [-0.39, 0.29) is 11.8 Å². The van der Waals surface area contributed by atoms with Crippen molar-refractivity contribution in [1.29, 1.82) is 0 Å². The predicted molar refractivity (Wildman–Crippen MR) is 85.6 cm³/mol. The fourth-order valence-corrected chi connectivity index (χ4v) is 2.50. The van der Waals surface area contributed by atoms with Gasteiger partial charge >= 0.3 is 5.97 Å². The van der Waals surface area contributed by atoms with Crippen LogP contribution < -0.4 is 5.32 Å². The molecule has 1 heterocycles. The lowest BCUT2D eigenvalue weighted by Crippen LogP contribution is -2.56. The largest absolute Gasteiger partial charge is 0.465 e. The fraction of sp³-hybridized carbons (Fsp3) is 0.353. The first-order chi connectivity index (χ1) is 11.1. The molecule has 6 nitrogen and oxygen atoms in total. The Morgan fingerprint density at radius 3 is 2.65 bits per heavy atom. The number of ether oxygens (including phenoxy) is 1. The Labute approximate surface area is 135 Å². The molecule has 6 heteroatoms. The summed E-state index contributed by atoms with van der Waals surface area (Å²) < 4.78 is 4.63. The minimum atomic E-state index is -0.414. The number of esters is 1. The molecular formula is C17H20N2O4. The third-order valence-electron chi connectivity index (χ3n) is 3.75. The average Bonchev–Trinajstić information content (AvgIpc) is 2.59. The molecule has 1 saturated heterocycles. The molecule has 0 aromatic heterocycles. The van der Waals surface area contributed by atoms with Gasteiger partial charge in [0, 0.05) is 19.2 Å². The average molecular weight is 316 g/mol. The van der Waals surface area contributed by atoms with Crippen molar-refractivity contribution in [2.24, 2.45) is 0 Å². The molecule has 1 unspecified atom stereocenters. The minimum absolute atomic E-state index is 0.108. The summed E-state index contributed by atoms with van der Waals surface area (Å²) >= 11 is 0. The van der Waals surface area contributed by atoms with Gasteiger partial charge in [0.2, 0.25) is 11.8 Å². The van der Waals surface area contributed by atoms with E-state index in [1.54, 1.807) is 35.2 Å². The maximum atomic E-state index is 12.3. The van der Waals surface area contributed by atoms with Crippen LogP contribution in [0.1, 0.15) is 29.3 Å². The number of nitrogens with zero attached hydrogens (tertiary/aromatic N) is 1. The monoisotopic (exact) mass is 316 g/mol. The van der Waals surface area contributed by atoms with E-state index in [9.17, 15) is 14.4 Å². The van der Waals surface area contributed by atoms with Gasteiger partial charge in [0.25, 0.3) is 0 Å². The SMILES string of the molecule is CCC1C(=O)NCCN1C(=O)C=Cc1ccc(C(=O)OC)cc1. The summed E-state index contributed by atoms with van der Waals surface area (Å²) in [7, 11) is 1.33. The second-order valence-electron chi connectivity index (χ2n) is 5.19. The second kappa shape index (κ2) is 7.58. The fourth-order valence-electron chi connectivity index (χ4n) is 2.50. The van der Waals surface area contributed by atoms with Crippen LogP contribution in [0, 0.1) is 0 Å². The first-order valence-corrected chi connectivity index (χ1v) is 7.51. The van der Waals surface area contributed by atoms with Crippen LogP contribution in [-0.2, 0) is 14.3 Å². The highest BCUT2D eigenvalue weighted by Crippen LogP contribution is 2.11. The van der Waals surface area contributed by atoms with E-state index in [4.69, 9.17) is 0 Å². The van der Waals surface area contributed by atoms with Crippen LogP contribution in [-0.4, -0.2) is 48.9 Å². The van der Waals surface area contributed by atoms with Crippen molar-refractivity contribution in [3.05, 3.63) is 41.5 Å². The molecule has 0 saturated carbocycles. The zero-order valence-electron chi connectivity index (χ0n) is 13.2. The number of amides is 2. The lowest BCUT2D eigenvalue weighted by molar-refractivity contribution is -0.140. The van der Waals surface area contributed by atoms with Crippen LogP contribution in [0.25, 0.3) is 6.08 Å². The van der Waals surface area contributed by atoms with E-state index in [1.165, 1.54) is 13.2 Å². The summed E-state index contributed by atoms with van der Waals surface area (Å²) in [6, 6.07) is 6.33. The van der Waals surface area contributed by atoms with Crippen molar-refractivity contribution in [3.8, 4) is 0 Å². The van der Waals surface area contributed by atoms with Gasteiger partial charge in [0.05, 0.1) is 12.7 Å². The first-order valence-electron chi connectivity index (χ1n) is 7.51. The van der Waals surface area contributed by atoms with Crippen molar-refractivity contribution in [2.75, 3.05) is 20.2 Å². The van der Waals surface area contributed by atoms with E-state index < -0.39 is 12.0 Å². The molecule has 0 bridgehead atoms.